The molecule has 0 aliphatic carbocycles. The molecule has 0 bridgehead atoms. The van der Waals surface area contributed by atoms with E-state index in [0.717, 1.165) is 0 Å². The molecule has 2 heterocycles. The largest absolute Gasteiger partial charge is 0.467 e. The second-order valence-corrected chi connectivity index (χ2v) is 4.06. The molecule has 96 valence electrons. The highest BCUT2D eigenvalue weighted by molar-refractivity contribution is 6.28. The summed E-state index contributed by atoms with van der Waals surface area (Å²) in [5.41, 5.74) is 0. The van der Waals surface area contributed by atoms with Gasteiger partial charge in [-0.1, -0.05) is 0 Å². The van der Waals surface area contributed by atoms with Crippen LogP contribution in [0.3, 0.4) is 0 Å². The fourth-order valence-electron chi connectivity index (χ4n) is 1.21. The number of halogens is 1. The minimum absolute atomic E-state index is 0.00750. The molecular weight excluding hydrogens is 258 g/mol. The Morgan fingerprint density at radius 1 is 1.22 bits per heavy atom. The van der Waals surface area contributed by atoms with E-state index in [9.17, 15) is 0 Å². The van der Waals surface area contributed by atoms with Crippen molar-refractivity contribution < 1.29 is 9.47 Å². The van der Waals surface area contributed by atoms with E-state index in [1.54, 1.807) is 17.1 Å². The molecule has 0 fully saturated rings. The van der Waals surface area contributed by atoms with Gasteiger partial charge in [0.1, 0.15) is 0 Å². The topological polar surface area (TPSA) is 75.0 Å². The molecule has 0 N–H and O–H groups in total. The van der Waals surface area contributed by atoms with Gasteiger partial charge in [0.05, 0.1) is 19.5 Å². The molecule has 2 aromatic heterocycles. The van der Waals surface area contributed by atoms with E-state index in [0.29, 0.717) is 5.75 Å². The van der Waals surface area contributed by atoms with Crippen LogP contribution >= 0.6 is 11.6 Å². The molecule has 0 aliphatic heterocycles. The molecule has 2 aromatic rings. The summed E-state index contributed by atoms with van der Waals surface area (Å²) in [6, 6.07) is 0.412. The Hall–Kier alpha value is -1.89. The second-order valence-electron chi connectivity index (χ2n) is 3.73. The first-order valence-electron chi connectivity index (χ1n) is 5.26. The lowest BCUT2D eigenvalue weighted by atomic mass is 10.4. The number of aromatic nitrogens is 5. The Balaban J connectivity index is 2.19. The zero-order valence-corrected chi connectivity index (χ0v) is 10.9. The standard InChI is InChI=1S/C10H12ClN5O2/c1-6(2)16-5-7(4-12-16)18-10-14-8(11)13-9(15-10)17-3/h4-6H,1-3H3. The smallest absolute Gasteiger partial charge is 0.329 e. The van der Waals surface area contributed by atoms with Gasteiger partial charge in [-0.2, -0.15) is 15.1 Å². The third kappa shape index (κ3) is 2.86. The molecule has 0 aromatic carbocycles. The van der Waals surface area contributed by atoms with Crippen LogP contribution in [0.15, 0.2) is 12.4 Å². The highest BCUT2D eigenvalue weighted by Crippen LogP contribution is 2.20. The van der Waals surface area contributed by atoms with Gasteiger partial charge in [-0.05, 0) is 25.4 Å². The van der Waals surface area contributed by atoms with E-state index in [1.165, 1.54) is 7.11 Å². The minimum atomic E-state index is 0.00750. The lowest BCUT2D eigenvalue weighted by molar-refractivity contribution is 0.359. The fourth-order valence-corrected chi connectivity index (χ4v) is 1.36. The number of nitrogens with zero attached hydrogens (tertiary/aromatic N) is 5. The molecule has 0 spiro atoms. The Kier molecular flexibility index (Phi) is 3.61. The summed E-state index contributed by atoms with van der Waals surface area (Å²) in [5.74, 6) is 0.521. The maximum Gasteiger partial charge on any atom is 0.329 e. The molecule has 0 unspecified atom stereocenters. The fraction of sp³-hybridized carbons (Fsp3) is 0.400. The number of hydrogen-bond acceptors (Lipinski definition) is 6. The van der Waals surface area contributed by atoms with Gasteiger partial charge >= 0.3 is 12.0 Å². The molecular formula is C10H12ClN5O2. The van der Waals surface area contributed by atoms with Crippen LogP contribution in [0.2, 0.25) is 5.28 Å². The Morgan fingerprint density at radius 2 is 1.94 bits per heavy atom. The van der Waals surface area contributed by atoms with E-state index in [2.05, 4.69) is 20.1 Å². The molecule has 0 atom stereocenters. The molecule has 0 saturated carbocycles. The zero-order chi connectivity index (χ0) is 13.1. The van der Waals surface area contributed by atoms with Gasteiger partial charge in [-0.25, -0.2) is 0 Å². The lowest BCUT2D eigenvalue weighted by Crippen LogP contribution is -2.00. The monoisotopic (exact) mass is 269 g/mol. The van der Waals surface area contributed by atoms with Crippen LogP contribution in [-0.4, -0.2) is 31.8 Å². The summed E-state index contributed by atoms with van der Waals surface area (Å²) in [6.07, 6.45) is 3.32. The van der Waals surface area contributed by atoms with Crippen molar-refractivity contribution in [2.45, 2.75) is 19.9 Å². The Morgan fingerprint density at radius 3 is 2.56 bits per heavy atom. The van der Waals surface area contributed by atoms with Crippen molar-refractivity contribution >= 4 is 11.6 Å². The van der Waals surface area contributed by atoms with Crippen LogP contribution in [0, 0.1) is 0 Å². The molecule has 7 nitrogen and oxygen atoms in total. The SMILES string of the molecule is COc1nc(Cl)nc(Oc2cnn(C(C)C)c2)n1. The van der Waals surface area contributed by atoms with Gasteiger partial charge in [-0.3, -0.25) is 4.68 Å². The first kappa shape index (κ1) is 12.6. The van der Waals surface area contributed by atoms with Crippen LogP contribution in [0.5, 0.6) is 17.8 Å². The summed E-state index contributed by atoms with van der Waals surface area (Å²) in [5, 5.41) is 4.14. The summed E-state index contributed by atoms with van der Waals surface area (Å²) >= 11 is 5.71. The van der Waals surface area contributed by atoms with Crippen molar-refractivity contribution in [1.82, 2.24) is 24.7 Å². The first-order valence-corrected chi connectivity index (χ1v) is 5.64. The van der Waals surface area contributed by atoms with E-state index >= 15 is 0 Å². The second kappa shape index (κ2) is 5.18. The molecule has 0 amide bonds. The van der Waals surface area contributed by atoms with Crippen LogP contribution in [0.1, 0.15) is 19.9 Å². The van der Waals surface area contributed by atoms with E-state index in [1.807, 2.05) is 13.8 Å². The quantitative estimate of drug-likeness (QED) is 0.846. The summed E-state index contributed by atoms with van der Waals surface area (Å²) in [4.78, 5) is 11.5. The zero-order valence-electron chi connectivity index (χ0n) is 10.2. The van der Waals surface area contributed by atoms with Crippen LogP contribution < -0.4 is 9.47 Å². The minimum Gasteiger partial charge on any atom is -0.467 e. The average molecular weight is 270 g/mol. The normalized spacial score (nSPS) is 10.7. The van der Waals surface area contributed by atoms with Crippen molar-refractivity contribution in [3.8, 4) is 17.8 Å². The van der Waals surface area contributed by atoms with E-state index < -0.39 is 0 Å². The molecule has 0 radical (unpaired) electrons. The summed E-state index contributed by atoms with van der Waals surface area (Å²) in [6.45, 7) is 4.03. The average Bonchev–Trinajstić information content (AvgIpc) is 2.76. The predicted octanol–water partition coefficient (Wildman–Crippen LogP) is 2.10. The lowest BCUT2D eigenvalue weighted by Gasteiger charge is -2.04. The van der Waals surface area contributed by atoms with Gasteiger partial charge in [0.25, 0.3) is 0 Å². The predicted molar refractivity (Wildman–Crippen MR) is 64.1 cm³/mol. The number of rotatable bonds is 4. The van der Waals surface area contributed by atoms with Crippen molar-refractivity contribution in [2.24, 2.45) is 0 Å². The third-order valence-corrected chi connectivity index (χ3v) is 2.23. The highest BCUT2D eigenvalue weighted by atomic mass is 35.5. The van der Waals surface area contributed by atoms with Gasteiger partial charge in [-0.15, -0.1) is 4.98 Å². The maximum absolute atomic E-state index is 5.71. The molecule has 0 aliphatic rings. The van der Waals surface area contributed by atoms with E-state index in [-0.39, 0.29) is 23.3 Å². The Bertz CT molecular complexity index is 543. The van der Waals surface area contributed by atoms with Crippen molar-refractivity contribution in [1.29, 1.82) is 0 Å². The molecule has 8 heteroatoms. The van der Waals surface area contributed by atoms with Crippen molar-refractivity contribution in [3.05, 3.63) is 17.7 Å². The van der Waals surface area contributed by atoms with Crippen molar-refractivity contribution in [2.75, 3.05) is 7.11 Å². The number of ether oxygens (including phenoxy) is 2. The molecule has 0 saturated heterocycles. The summed E-state index contributed by atoms with van der Waals surface area (Å²) in [7, 11) is 1.44. The first-order chi connectivity index (χ1) is 8.58. The molecule has 18 heavy (non-hydrogen) atoms. The van der Waals surface area contributed by atoms with Gasteiger partial charge in [0.2, 0.25) is 5.28 Å². The maximum atomic E-state index is 5.71. The number of methoxy groups -OCH3 is 1. The van der Waals surface area contributed by atoms with Crippen LogP contribution in [-0.2, 0) is 0 Å². The highest BCUT2D eigenvalue weighted by Gasteiger charge is 2.09. The van der Waals surface area contributed by atoms with Crippen molar-refractivity contribution in [3.63, 3.8) is 0 Å². The Labute approximate surface area is 109 Å². The molecule has 2 rings (SSSR count). The summed E-state index contributed by atoms with van der Waals surface area (Å²) < 4.78 is 12.1. The van der Waals surface area contributed by atoms with E-state index in [4.69, 9.17) is 21.1 Å². The van der Waals surface area contributed by atoms with Gasteiger partial charge in [0, 0.05) is 6.04 Å². The van der Waals surface area contributed by atoms with Crippen LogP contribution in [0.4, 0.5) is 0 Å². The van der Waals surface area contributed by atoms with Crippen LogP contribution in [0.25, 0.3) is 0 Å². The van der Waals surface area contributed by atoms with Gasteiger partial charge < -0.3 is 9.47 Å². The number of hydrogen-bond donors (Lipinski definition) is 0. The van der Waals surface area contributed by atoms with Gasteiger partial charge in [0.15, 0.2) is 5.75 Å². The third-order valence-electron chi connectivity index (χ3n) is 2.07.